The third kappa shape index (κ3) is 3.63. The molecule has 5 rings (SSSR count). The summed E-state index contributed by atoms with van der Waals surface area (Å²) in [5, 5.41) is 3.20. The van der Waals surface area contributed by atoms with E-state index in [2.05, 4.69) is 9.88 Å². The minimum absolute atomic E-state index is 0.0841. The minimum atomic E-state index is -0.833. The van der Waals surface area contributed by atoms with E-state index in [1.54, 1.807) is 17.0 Å². The molecule has 7 heteroatoms. The molecule has 0 spiro atoms. The number of carbonyl (C=O) groups is 1. The van der Waals surface area contributed by atoms with Gasteiger partial charge in [-0.3, -0.25) is 0 Å². The second kappa shape index (κ2) is 8.13. The van der Waals surface area contributed by atoms with E-state index in [4.69, 9.17) is 11.6 Å². The molecule has 0 radical (unpaired) electrons. The molecule has 1 atom stereocenters. The zero-order chi connectivity index (χ0) is 22.2. The van der Waals surface area contributed by atoms with Crippen molar-refractivity contribution < 1.29 is 13.6 Å². The molecule has 32 heavy (non-hydrogen) atoms. The number of aromatic nitrogens is 1. The Morgan fingerprint density at radius 3 is 2.53 bits per heavy atom. The molecular weight excluding hydrogens is 432 g/mol. The van der Waals surface area contributed by atoms with Crippen molar-refractivity contribution in [1.82, 2.24) is 9.47 Å². The molecule has 0 aliphatic carbocycles. The molecule has 2 amide bonds. The molecule has 1 aliphatic heterocycles. The van der Waals surface area contributed by atoms with Gasteiger partial charge in [0.15, 0.2) is 0 Å². The number of anilines is 1. The van der Waals surface area contributed by atoms with E-state index < -0.39 is 23.7 Å². The molecule has 4 aromatic rings. The lowest BCUT2D eigenvalue weighted by molar-refractivity contribution is 0.194. The normalized spacial score (nSPS) is 15.0. The quantitative estimate of drug-likeness (QED) is 0.370. The second-order valence-corrected chi connectivity index (χ2v) is 8.00. The summed E-state index contributed by atoms with van der Waals surface area (Å²) in [5.74, 6) is -1.54. The van der Waals surface area contributed by atoms with Crippen LogP contribution in [0.2, 0.25) is 5.02 Å². The van der Waals surface area contributed by atoms with Crippen molar-refractivity contribution >= 4 is 23.3 Å². The SMILES string of the molecule is O=C(Nc1ccc(F)cc1F)N1Cc2ccccc2-n2cccc2[C@@H]1c1ccc(Cl)cc1. The Bertz CT molecular complexity index is 1300. The van der Waals surface area contributed by atoms with Crippen LogP contribution in [0.15, 0.2) is 85.1 Å². The summed E-state index contributed by atoms with van der Waals surface area (Å²) in [6.45, 7) is 0.291. The van der Waals surface area contributed by atoms with Crippen molar-refractivity contribution in [3.05, 3.63) is 119 Å². The Labute approximate surface area is 188 Å². The number of fused-ring (bicyclic) bond motifs is 3. The molecule has 0 unspecified atom stereocenters. The van der Waals surface area contributed by atoms with Crippen molar-refractivity contribution in [2.24, 2.45) is 0 Å². The van der Waals surface area contributed by atoms with E-state index in [9.17, 15) is 13.6 Å². The van der Waals surface area contributed by atoms with Gasteiger partial charge in [-0.15, -0.1) is 0 Å². The number of para-hydroxylation sites is 1. The fraction of sp³-hybridized carbons (Fsp3) is 0.0800. The zero-order valence-corrected chi connectivity index (χ0v) is 17.6. The predicted molar refractivity (Wildman–Crippen MR) is 120 cm³/mol. The third-order valence-corrected chi connectivity index (χ3v) is 5.84. The van der Waals surface area contributed by atoms with Crippen molar-refractivity contribution in [3.63, 3.8) is 0 Å². The van der Waals surface area contributed by atoms with E-state index in [0.29, 0.717) is 11.6 Å². The van der Waals surface area contributed by atoms with Crippen molar-refractivity contribution in [2.75, 3.05) is 5.32 Å². The average molecular weight is 450 g/mol. The number of benzene rings is 3. The average Bonchev–Trinajstić information content (AvgIpc) is 3.21. The minimum Gasteiger partial charge on any atom is -0.318 e. The van der Waals surface area contributed by atoms with Gasteiger partial charge in [-0.2, -0.15) is 0 Å². The number of rotatable bonds is 2. The first kappa shape index (κ1) is 20.3. The largest absolute Gasteiger partial charge is 0.323 e. The molecule has 3 aromatic carbocycles. The first-order valence-electron chi connectivity index (χ1n) is 10.0. The maximum absolute atomic E-state index is 14.3. The lowest BCUT2D eigenvalue weighted by Gasteiger charge is -2.31. The Morgan fingerprint density at radius 1 is 0.969 bits per heavy atom. The Balaban J connectivity index is 1.62. The fourth-order valence-electron chi connectivity index (χ4n) is 4.11. The number of halogens is 3. The third-order valence-electron chi connectivity index (χ3n) is 5.58. The van der Waals surface area contributed by atoms with Crippen molar-refractivity contribution in [1.29, 1.82) is 0 Å². The van der Waals surface area contributed by atoms with Gasteiger partial charge in [-0.1, -0.05) is 41.9 Å². The highest BCUT2D eigenvalue weighted by atomic mass is 35.5. The highest BCUT2D eigenvalue weighted by molar-refractivity contribution is 6.30. The first-order valence-corrected chi connectivity index (χ1v) is 10.4. The van der Waals surface area contributed by atoms with E-state index in [1.807, 2.05) is 54.7 Å². The highest BCUT2D eigenvalue weighted by Gasteiger charge is 2.33. The number of amides is 2. The van der Waals surface area contributed by atoms with Gasteiger partial charge in [0.1, 0.15) is 11.6 Å². The van der Waals surface area contributed by atoms with Crippen LogP contribution in [0.25, 0.3) is 5.69 Å². The molecule has 1 aromatic heterocycles. The molecular formula is C25H18ClF2N3O. The van der Waals surface area contributed by atoms with E-state index in [-0.39, 0.29) is 5.69 Å². The molecule has 1 N–H and O–H groups in total. The predicted octanol–water partition coefficient (Wildman–Crippen LogP) is 6.55. The van der Waals surface area contributed by atoms with Crippen LogP contribution in [-0.2, 0) is 6.54 Å². The molecule has 0 bridgehead atoms. The standard InChI is InChI=1S/C25H18ClF2N3O/c26-18-9-7-16(8-10-18)24-23-6-3-13-30(23)22-5-2-1-4-17(22)15-31(24)25(32)29-21-12-11-19(27)14-20(21)28/h1-14,24H,15H2,(H,29,32)/t24-/m0/s1. The number of nitrogens with one attached hydrogen (secondary N) is 1. The van der Waals surface area contributed by atoms with Gasteiger partial charge in [0, 0.05) is 23.0 Å². The summed E-state index contributed by atoms with van der Waals surface area (Å²) in [6, 6.07) is 21.1. The van der Waals surface area contributed by atoms with Crippen LogP contribution in [0.1, 0.15) is 22.9 Å². The van der Waals surface area contributed by atoms with Crippen molar-refractivity contribution in [2.45, 2.75) is 12.6 Å². The Morgan fingerprint density at radius 2 is 1.75 bits per heavy atom. The van der Waals surface area contributed by atoms with Crippen LogP contribution < -0.4 is 5.32 Å². The summed E-state index contributed by atoms with van der Waals surface area (Å²) < 4.78 is 29.6. The van der Waals surface area contributed by atoms with Gasteiger partial charge >= 0.3 is 6.03 Å². The van der Waals surface area contributed by atoms with Crippen LogP contribution in [0, 0.1) is 11.6 Å². The van der Waals surface area contributed by atoms with Crippen molar-refractivity contribution in [3.8, 4) is 5.69 Å². The molecule has 4 nitrogen and oxygen atoms in total. The van der Waals surface area contributed by atoms with Gasteiger partial charge in [0.25, 0.3) is 0 Å². The van der Waals surface area contributed by atoms with Gasteiger partial charge in [-0.05, 0) is 53.6 Å². The summed E-state index contributed by atoms with van der Waals surface area (Å²) in [7, 11) is 0. The molecule has 160 valence electrons. The van der Waals surface area contributed by atoms with Gasteiger partial charge in [0.2, 0.25) is 0 Å². The van der Waals surface area contributed by atoms with Gasteiger partial charge in [0.05, 0.1) is 24.0 Å². The van der Waals surface area contributed by atoms with Crippen LogP contribution >= 0.6 is 11.6 Å². The van der Waals surface area contributed by atoms with E-state index in [0.717, 1.165) is 34.6 Å². The Hall–Kier alpha value is -3.64. The smallest absolute Gasteiger partial charge is 0.318 e. The Kier molecular flexibility index (Phi) is 5.15. The first-order chi connectivity index (χ1) is 15.5. The molecule has 0 saturated carbocycles. The summed E-state index contributed by atoms with van der Waals surface area (Å²) >= 11 is 6.10. The second-order valence-electron chi connectivity index (χ2n) is 7.57. The zero-order valence-electron chi connectivity index (χ0n) is 16.8. The monoisotopic (exact) mass is 449 g/mol. The molecule has 2 heterocycles. The van der Waals surface area contributed by atoms with Gasteiger partial charge in [-0.25, -0.2) is 13.6 Å². The van der Waals surface area contributed by atoms with Crippen LogP contribution in [0.3, 0.4) is 0 Å². The lowest BCUT2D eigenvalue weighted by atomic mass is 10.0. The summed E-state index contributed by atoms with van der Waals surface area (Å²) in [5.41, 5.74) is 3.56. The van der Waals surface area contributed by atoms with E-state index in [1.165, 1.54) is 6.07 Å². The number of hydrogen-bond acceptors (Lipinski definition) is 1. The van der Waals surface area contributed by atoms with Gasteiger partial charge < -0.3 is 14.8 Å². The fourth-order valence-corrected chi connectivity index (χ4v) is 4.24. The summed E-state index contributed by atoms with van der Waals surface area (Å²) in [4.78, 5) is 15.1. The molecule has 1 aliphatic rings. The number of urea groups is 1. The maximum atomic E-state index is 14.3. The number of carbonyl (C=O) groups excluding carboxylic acids is 1. The number of nitrogens with zero attached hydrogens (tertiary/aromatic N) is 2. The molecule has 0 saturated heterocycles. The maximum Gasteiger partial charge on any atom is 0.323 e. The lowest BCUT2D eigenvalue weighted by Crippen LogP contribution is -2.38. The van der Waals surface area contributed by atoms with E-state index >= 15 is 0 Å². The van der Waals surface area contributed by atoms with Crippen LogP contribution in [-0.4, -0.2) is 15.5 Å². The summed E-state index contributed by atoms with van der Waals surface area (Å²) in [6.07, 6.45) is 1.96. The number of hydrogen-bond donors (Lipinski definition) is 1. The molecule has 0 fully saturated rings. The highest BCUT2D eigenvalue weighted by Crippen LogP contribution is 2.37. The van der Waals surface area contributed by atoms with Crippen LogP contribution in [0.5, 0.6) is 0 Å². The van der Waals surface area contributed by atoms with Crippen LogP contribution in [0.4, 0.5) is 19.3 Å². The topological polar surface area (TPSA) is 37.3 Å².